The molecule has 5 aliphatic rings. The Morgan fingerprint density at radius 2 is 1.59 bits per heavy atom. The minimum atomic E-state index is -0.862. The van der Waals surface area contributed by atoms with E-state index < -0.39 is 5.97 Å². The van der Waals surface area contributed by atoms with Crippen molar-refractivity contribution in [3.8, 4) is 0 Å². The van der Waals surface area contributed by atoms with E-state index in [-0.39, 0.29) is 16.7 Å². The van der Waals surface area contributed by atoms with Crippen molar-refractivity contribution in [1.29, 1.82) is 0 Å². The third-order valence-corrected chi connectivity index (χ3v) is 15.0. The van der Waals surface area contributed by atoms with Gasteiger partial charge in [0.05, 0.1) is 5.56 Å². The lowest BCUT2D eigenvalue weighted by atomic mass is 9.32. The third-order valence-electron chi connectivity index (χ3n) is 15.0. The number of benzene rings is 1. The fraction of sp³-hybridized carbons (Fsp3) is 0.744. The Labute approximate surface area is 266 Å². The molecule has 7 unspecified atom stereocenters. The first-order valence-corrected chi connectivity index (χ1v) is 17.6. The van der Waals surface area contributed by atoms with Crippen LogP contribution in [0.15, 0.2) is 30.3 Å². The van der Waals surface area contributed by atoms with Gasteiger partial charge < -0.3 is 15.3 Å². The number of carbonyl (C=O) groups is 2. The highest BCUT2D eigenvalue weighted by Crippen LogP contribution is 2.77. The standard InChI is InChI=1S/C39H58N2O3/c1-35(2)28(26-10-12-27(13-11-26)34(43)44)16-20-36(3)31(35)17-21-38(5)32(36)15-14-29-30-9-8-19-39(30,23-22-37(29,38)4)25-40-33(42)18-24-41(6)7/h10-13,16,29-32H,8-9,14-15,17-25H2,1-7H3,(H,40,42)(H,43,44)/t29?,30?,31?,32?,36?,37-,38?,39?/m1/s1. The molecule has 0 aliphatic heterocycles. The van der Waals surface area contributed by atoms with E-state index in [4.69, 9.17) is 0 Å². The second-order valence-corrected chi connectivity index (χ2v) is 17.3. The first-order chi connectivity index (χ1) is 20.7. The van der Waals surface area contributed by atoms with Gasteiger partial charge in [-0.3, -0.25) is 4.79 Å². The van der Waals surface area contributed by atoms with Gasteiger partial charge in [-0.2, -0.15) is 0 Å². The normalized spacial score (nSPS) is 40.7. The van der Waals surface area contributed by atoms with Gasteiger partial charge in [-0.05, 0) is 146 Å². The first-order valence-electron chi connectivity index (χ1n) is 17.6. The Morgan fingerprint density at radius 1 is 0.864 bits per heavy atom. The first kappa shape index (κ1) is 31.8. The molecule has 0 saturated heterocycles. The summed E-state index contributed by atoms with van der Waals surface area (Å²) < 4.78 is 0. The summed E-state index contributed by atoms with van der Waals surface area (Å²) in [4.78, 5) is 26.4. The maximum Gasteiger partial charge on any atom is 0.335 e. The summed E-state index contributed by atoms with van der Waals surface area (Å²) in [5.41, 5.74) is 4.22. The molecule has 1 amide bonds. The zero-order chi connectivity index (χ0) is 31.7. The number of amides is 1. The Bertz CT molecular complexity index is 1310. The minimum Gasteiger partial charge on any atom is -0.478 e. The van der Waals surface area contributed by atoms with Gasteiger partial charge in [0, 0.05) is 19.5 Å². The second-order valence-electron chi connectivity index (χ2n) is 17.3. The average Bonchev–Trinajstić information content (AvgIpc) is 3.39. The van der Waals surface area contributed by atoms with E-state index in [0.29, 0.717) is 40.1 Å². The average molecular weight is 603 g/mol. The Morgan fingerprint density at radius 3 is 2.27 bits per heavy atom. The van der Waals surface area contributed by atoms with Gasteiger partial charge in [-0.25, -0.2) is 4.79 Å². The third kappa shape index (κ3) is 4.73. The molecule has 8 atom stereocenters. The lowest BCUT2D eigenvalue weighted by Crippen LogP contribution is -2.65. The Hall–Kier alpha value is -2.14. The highest BCUT2D eigenvalue weighted by molar-refractivity contribution is 5.88. The van der Waals surface area contributed by atoms with Gasteiger partial charge in [0.25, 0.3) is 0 Å². The quantitative estimate of drug-likeness (QED) is 0.329. The number of hydrogen-bond donors (Lipinski definition) is 2. The summed E-state index contributed by atoms with van der Waals surface area (Å²) in [5.74, 6) is 2.18. The fourth-order valence-corrected chi connectivity index (χ4v) is 12.6. The van der Waals surface area contributed by atoms with Crippen LogP contribution < -0.4 is 5.32 Å². The van der Waals surface area contributed by atoms with E-state index in [1.54, 1.807) is 12.1 Å². The number of allylic oxidation sites excluding steroid dienone is 2. The number of carbonyl (C=O) groups excluding carboxylic acids is 1. The Balaban J connectivity index is 1.25. The fourth-order valence-electron chi connectivity index (χ4n) is 12.6. The van der Waals surface area contributed by atoms with Crippen LogP contribution in [-0.2, 0) is 4.79 Å². The summed E-state index contributed by atoms with van der Waals surface area (Å²) in [6.07, 6.45) is 16.0. The summed E-state index contributed by atoms with van der Waals surface area (Å²) in [6, 6.07) is 7.59. The van der Waals surface area contributed by atoms with Gasteiger partial charge >= 0.3 is 5.97 Å². The molecule has 0 heterocycles. The largest absolute Gasteiger partial charge is 0.478 e. The van der Waals surface area contributed by atoms with Crippen LogP contribution in [0.4, 0.5) is 0 Å². The van der Waals surface area contributed by atoms with Crippen molar-refractivity contribution in [2.75, 3.05) is 27.2 Å². The van der Waals surface area contributed by atoms with E-state index >= 15 is 0 Å². The molecule has 6 rings (SSSR count). The maximum atomic E-state index is 12.8. The molecular weight excluding hydrogens is 544 g/mol. The van der Waals surface area contributed by atoms with Crippen molar-refractivity contribution in [3.63, 3.8) is 0 Å². The molecule has 5 heteroatoms. The van der Waals surface area contributed by atoms with Crippen molar-refractivity contribution >= 4 is 17.4 Å². The molecular formula is C39H58N2O3. The molecule has 0 aromatic heterocycles. The van der Waals surface area contributed by atoms with E-state index in [0.717, 1.165) is 31.3 Å². The molecule has 4 fully saturated rings. The van der Waals surface area contributed by atoms with Crippen molar-refractivity contribution < 1.29 is 14.7 Å². The van der Waals surface area contributed by atoms with Gasteiger partial charge in [0.2, 0.25) is 5.91 Å². The maximum absolute atomic E-state index is 12.8. The molecule has 5 nitrogen and oxygen atoms in total. The van der Waals surface area contributed by atoms with Crippen LogP contribution in [0.25, 0.3) is 5.57 Å². The number of nitrogens with zero attached hydrogens (tertiary/aromatic N) is 1. The monoisotopic (exact) mass is 602 g/mol. The second kappa shape index (κ2) is 11.0. The van der Waals surface area contributed by atoms with Gasteiger partial charge in [0.15, 0.2) is 0 Å². The predicted molar refractivity (Wildman–Crippen MR) is 178 cm³/mol. The molecule has 44 heavy (non-hydrogen) atoms. The number of aromatic carboxylic acids is 1. The van der Waals surface area contributed by atoms with Crippen molar-refractivity contribution in [1.82, 2.24) is 10.2 Å². The molecule has 0 spiro atoms. The molecule has 4 saturated carbocycles. The topological polar surface area (TPSA) is 69.6 Å². The number of carboxylic acid groups (broad SMARTS) is 1. The predicted octanol–water partition coefficient (Wildman–Crippen LogP) is 8.30. The SMILES string of the molecule is CN(C)CCC(=O)NCC12CCCC1C1CCC3C4(C)CC=C(c5ccc(C(=O)O)cc5)C(C)(C)C4CCC3(C)[C@]1(C)CC2. The van der Waals surface area contributed by atoms with Crippen LogP contribution in [-0.4, -0.2) is 49.1 Å². The molecule has 2 N–H and O–H groups in total. The van der Waals surface area contributed by atoms with Gasteiger partial charge in [-0.15, -0.1) is 0 Å². The molecule has 1 aromatic rings. The highest BCUT2D eigenvalue weighted by atomic mass is 16.4. The van der Waals surface area contributed by atoms with E-state index in [1.807, 2.05) is 26.2 Å². The number of hydrogen-bond acceptors (Lipinski definition) is 3. The molecule has 0 radical (unpaired) electrons. The number of fused-ring (bicyclic) bond motifs is 7. The van der Waals surface area contributed by atoms with Crippen LogP contribution >= 0.6 is 0 Å². The number of carboxylic acids is 1. The zero-order valence-corrected chi connectivity index (χ0v) is 28.6. The van der Waals surface area contributed by atoms with Crippen LogP contribution in [0.3, 0.4) is 0 Å². The molecule has 5 aliphatic carbocycles. The highest BCUT2D eigenvalue weighted by Gasteiger charge is 2.69. The van der Waals surface area contributed by atoms with Crippen molar-refractivity contribution in [3.05, 3.63) is 41.5 Å². The van der Waals surface area contributed by atoms with E-state index in [9.17, 15) is 14.7 Å². The lowest BCUT2D eigenvalue weighted by Gasteiger charge is -2.72. The van der Waals surface area contributed by atoms with E-state index in [1.165, 1.54) is 68.9 Å². The number of nitrogens with one attached hydrogen (secondary N) is 1. The summed E-state index contributed by atoms with van der Waals surface area (Å²) >= 11 is 0. The molecule has 0 bridgehead atoms. The number of rotatable bonds is 7. The Kier molecular flexibility index (Phi) is 7.95. The van der Waals surface area contributed by atoms with E-state index in [2.05, 4.69) is 50.9 Å². The van der Waals surface area contributed by atoms with Crippen LogP contribution in [0.2, 0.25) is 0 Å². The molecule has 242 valence electrons. The smallest absolute Gasteiger partial charge is 0.335 e. The van der Waals surface area contributed by atoms with Crippen LogP contribution in [0.1, 0.15) is 121 Å². The summed E-state index contributed by atoms with van der Waals surface area (Å²) in [6.45, 7) is 14.7. The van der Waals surface area contributed by atoms with Crippen molar-refractivity contribution in [2.45, 2.75) is 105 Å². The minimum absolute atomic E-state index is 0.0365. The van der Waals surface area contributed by atoms with Crippen LogP contribution in [0, 0.1) is 50.7 Å². The van der Waals surface area contributed by atoms with Crippen LogP contribution in [0.5, 0.6) is 0 Å². The summed E-state index contributed by atoms with van der Waals surface area (Å²) in [5, 5.41) is 12.9. The zero-order valence-electron chi connectivity index (χ0n) is 28.6. The van der Waals surface area contributed by atoms with Crippen molar-refractivity contribution in [2.24, 2.45) is 50.7 Å². The molecule has 1 aromatic carbocycles. The summed E-state index contributed by atoms with van der Waals surface area (Å²) in [7, 11) is 4.08. The lowest BCUT2D eigenvalue weighted by molar-refractivity contribution is -0.222. The van der Waals surface area contributed by atoms with Gasteiger partial charge in [-0.1, -0.05) is 59.2 Å². The van der Waals surface area contributed by atoms with Gasteiger partial charge in [0.1, 0.15) is 0 Å².